The predicted molar refractivity (Wildman–Crippen MR) is 105 cm³/mol. The molecule has 3 aromatic rings. The fourth-order valence-electron chi connectivity index (χ4n) is 3.22. The first-order valence-electron chi connectivity index (χ1n) is 8.67. The van der Waals surface area contributed by atoms with Gasteiger partial charge in [-0.15, -0.1) is 0 Å². The van der Waals surface area contributed by atoms with Crippen molar-refractivity contribution in [2.45, 2.75) is 17.4 Å². The van der Waals surface area contributed by atoms with Crippen LogP contribution in [0.4, 0.5) is 5.69 Å². The lowest BCUT2D eigenvalue weighted by atomic mass is 9.85. The zero-order chi connectivity index (χ0) is 18.9. The summed E-state index contributed by atoms with van der Waals surface area (Å²) in [6.07, 6.45) is 1.84. The number of esters is 1. The summed E-state index contributed by atoms with van der Waals surface area (Å²) in [6, 6.07) is 20.0. The van der Waals surface area contributed by atoms with Gasteiger partial charge in [-0.25, -0.2) is 4.79 Å². The van der Waals surface area contributed by atoms with Gasteiger partial charge in [-0.3, -0.25) is 8.77 Å². The molecule has 0 saturated heterocycles. The van der Waals surface area contributed by atoms with Crippen LogP contribution in [0.25, 0.3) is 0 Å². The second kappa shape index (κ2) is 6.96. The molecular weight excluding hydrogens is 360 g/mol. The molecule has 6 heteroatoms. The number of hydrogen-bond acceptors (Lipinski definition) is 5. The Labute approximate surface area is 161 Å². The quantitative estimate of drug-likeness (QED) is 0.421. The van der Waals surface area contributed by atoms with Crippen LogP contribution in [-0.4, -0.2) is 22.3 Å². The maximum atomic E-state index is 13.7. The molecule has 1 atom stereocenters. The SMILES string of the molecule is CCOC(=O)C1(C(=O)c2ccccc2)Nc2ccccc2Sn2cccc21. The van der Waals surface area contributed by atoms with E-state index in [9.17, 15) is 9.59 Å². The summed E-state index contributed by atoms with van der Waals surface area (Å²) in [6.45, 7) is 1.91. The number of hydrogen-bond donors (Lipinski definition) is 1. The molecule has 5 nitrogen and oxygen atoms in total. The first-order chi connectivity index (χ1) is 13.2. The Morgan fingerprint density at radius 2 is 1.78 bits per heavy atom. The van der Waals surface area contributed by atoms with Crippen molar-refractivity contribution in [3.8, 4) is 0 Å². The van der Waals surface area contributed by atoms with Gasteiger partial charge < -0.3 is 10.1 Å². The third-order valence-corrected chi connectivity index (χ3v) is 5.53. The summed E-state index contributed by atoms with van der Waals surface area (Å²) in [5, 5.41) is 3.23. The number of aromatic nitrogens is 1. The van der Waals surface area contributed by atoms with Crippen molar-refractivity contribution in [3.63, 3.8) is 0 Å². The van der Waals surface area contributed by atoms with Crippen molar-refractivity contribution in [3.05, 3.63) is 84.2 Å². The van der Waals surface area contributed by atoms with E-state index in [1.807, 2.05) is 46.6 Å². The minimum Gasteiger partial charge on any atom is -0.464 e. The standard InChI is InChI=1S/C21H18N2O3S/c1-2-26-20(25)21(19(24)15-9-4-3-5-10-15)18-13-8-14-23(18)27-17-12-7-6-11-16(17)22-21/h3-14,22H,2H2,1H3. The number of ketones is 1. The molecule has 2 heterocycles. The van der Waals surface area contributed by atoms with E-state index < -0.39 is 11.5 Å². The lowest BCUT2D eigenvalue weighted by Gasteiger charge is -2.31. The van der Waals surface area contributed by atoms with Crippen LogP contribution in [0.1, 0.15) is 23.0 Å². The Hall–Kier alpha value is -2.99. The Morgan fingerprint density at radius 1 is 1.04 bits per heavy atom. The summed E-state index contributed by atoms with van der Waals surface area (Å²) in [7, 11) is 0. The molecule has 1 aliphatic rings. The maximum absolute atomic E-state index is 13.7. The third-order valence-electron chi connectivity index (χ3n) is 4.46. The molecule has 4 rings (SSSR count). The smallest absolute Gasteiger partial charge is 0.346 e. The zero-order valence-corrected chi connectivity index (χ0v) is 15.5. The molecule has 1 unspecified atom stereocenters. The summed E-state index contributed by atoms with van der Waals surface area (Å²) in [4.78, 5) is 27.8. The molecule has 136 valence electrons. The van der Waals surface area contributed by atoms with E-state index in [0.717, 1.165) is 4.90 Å². The Bertz CT molecular complexity index is 999. The van der Waals surface area contributed by atoms with Gasteiger partial charge in [0.1, 0.15) is 0 Å². The highest BCUT2D eigenvalue weighted by atomic mass is 32.2. The highest BCUT2D eigenvalue weighted by molar-refractivity contribution is 7.98. The Kier molecular flexibility index (Phi) is 4.49. The molecule has 0 amide bonds. The van der Waals surface area contributed by atoms with E-state index >= 15 is 0 Å². The largest absolute Gasteiger partial charge is 0.464 e. The first-order valence-corrected chi connectivity index (χ1v) is 9.44. The molecule has 2 aromatic carbocycles. The zero-order valence-electron chi connectivity index (χ0n) is 14.7. The number of Topliss-reactive ketones (excluding diaryl/α,β-unsaturated/α-hetero) is 1. The number of nitrogens with one attached hydrogen (secondary N) is 1. The summed E-state index contributed by atoms with van der Waals surface area (Å²) in [5.74, 6) is -0.963. The molecule has 1 aliphatic heterocycles. The van der Waals surface area contributed by atoms with Crippen molar-refractivity contribution in [1.82, 2.24) is 3.97 Å². The van der Waals surface area contributed by atoms with Crippen LogP contribution >= 0.6 is 11.9 Å². The highest BCUT2D eigenvalue weighted by Crippen LogP contribution is 2.42. The molecule has 27 heavy (non-hydrogen) atoms. The molecule has 0 aliphatic carbocycles. The number of para-hydroxylation sites is 1. The molecule has 0 saturated carbocycles. The van der Waals surface area contributed by atoms with Crippen LogP contribution in [0.2, 0.25) is 0 Å². The number of nitrogens with zero attached hydrogens (tertiary/aromatic N) is 1. The van der Waals surface area contributed by atoms with Crippen LogP contribution in [-0.2, 0) is 15.1 Å². The van der Waals surface area contributed by atoms with Crippen LogP contribution in [0.15, 0.2) is 77.8 Å². The minimum atomic E-state index is -1.67. The number of carbonyl (C=O) groups is 2. The van der Waals surface area contributed by atoms with Gasteiger partial charge in [0.15, 0.2) is 0 Å². The van der Waals surface area contributed by atoms with Gasteiger partial charge in [0, 0.05) is 11.8 Å². The fourth-order valence-corrected chi connectivity index (χ4v) is 4.22. The first kappa shape index (κ1) is 17.4. The number of rotatable bonds is 4. The average Bonchev–Trinajstić information content (AvgIpc) is 3.11. The van der Waals surface area contributed by atoms with Gasteiger partial charge in [-0.05, 0) is 43.1 Å². The highest BCUT2D eigenvalue weighted by Gasteiger charge is 2.52. The summed E-state index contributed by atoms with van der Waals surface area (Å²) >= 11 is 1.45. The van der Waals surface area contributed by atoms with Gasteiger partial charge in [-0.2, -0.15) is 0 Å². The van der Waals surface area contributed by atoms with Crippen molar-refractivity contribution in [2.75, 3.05) is 11.9 Å². The molecule has 1 aromatic heterocycles. The van der Waals surface area contributed by atoms with E-state index in [0.29, 0.717) is 16.9 Å². The van der Waals surface area contributed by atoms with Gasteiger partial charge in [0.25, 0.3) is 0 Å². The summed E-state index contributed by atoms with van der Waals surface area (Å²) < 4.78 is 7.22. The van der Waals surface area contributed by atoms with Crippen molar-refractivity contribution < 1.29 is 14.3 Å². The molecule has 0 spiro atoms. The predicted octanol–water partition coefficient (Wildman–Crippen LogP) is 4.11. The molecule has 0 fully saturated rings. The lowest BCUT2D eigenvalue weighted by molar-refractivity contribution is -0.147. The van der Waals surface area contributed by atoms with Gasteiger partial charge >= 0.3 is 5.97 Å². The van der Waals surface area contributed by atoms with E-state index in [2.05, 4.69) is 5.32 Å². The lowest BCUT2D eigenvalue weighted by Crippen LogP contribution is -2.52. The second-order valence-electron chi connectivity index (χ2n) is 6.10. The van der Waals surface area contributed by atoms with Gasteiger partial charge in [0.05, 0.1) is 22.9 Å². The van der Waals surface area contributed by atoms with Crippen molar-refractivity contribution >= 4 is 29.4 Å². The van der Waals surface area contributed by atoms with Crippen LogP contribution in [0.5, 0.6) is 0 Å². The topological polar surface area (TPSA) is 60.3 Å². The molecule has 0 radical (unpaired) electrons. The molecule has 1 N–H and O–H groups in total. The number of ether oxygens (including phenoxy) is 1. The Morgan fingerprint density at radius 3 is 2.56 bits per heavy atom. The average molecular weight is 378 g/mol. The third kappa shape index (κ3) is 2.82. The normalized spacial score (nSPS) is 17.8. The fraction of sp³-hybridized carbons (Fsp3) is 0.143. The van der Waals surface area contributed by atoms with Crippen LogP contribution < -0.4 is 5.32 Å². The second-order valence-corrected chi connectivity index (χ2v) is 7.11. The van der Waals surface area contributed by atoms with Crippen molar-refractivity contribution in [2.24, 2.45) is 0 Å². The number of fused-ring (bicyclic) bond motifs is 2. The minimum absolute atomic E-state index is 0.180. The molecule has 0 bridgehead atoms. The number of benzene rings is 2. The van der Waals surface area contributed by atoms with E-state index in [-0.39, 0.29) is 12.4 Å². The van der Waals surface area contributed by atoms with Crippen molar-refractivity contribution in [1.29, 1.82) is 0 Å². The van der Waals surface area contributed by atoms with Crippen LogP contribution in [0, 0.1) is 0 Å². The number of anilines is 1. The van der Waals surface area contributed by atoms with E-state index in [1.165, 1.54) is 11.9 Å². The molecular formula is C21H18N2O3S. The van der Waals surface area contributed by atoms with Crippen LogP contribution in [0.3, 0.4) is 0 Å². The maximum Gasteiger partial charge on any atom is 0.346 e. The number of carbonyl (C=O) groups excluding carboxylic acids is 2. The van der Waals surface area contributed by atoms with Gasteiger partial charge in [0.2, 0.25) is 11.3 Å². The van der Waals surface area contributed by atoms with E-state index in [4.69, 9.17) is 4.74 Å². The van der Waals surface area contributed by atoms with Gasteiger partial charge in [-0.1, -0.05) is 42.5 Å². The Balaban J connectivity index is 1.97. The van der Waals surface area contributed by atoms with E-state index in [1.54, 1.807) is 37.3 Å². The monoisotopic (exact) mass is 378 g/mol. The summed E-state index contributed by atoms with van der Waals surface area (Å²) in [5.41, 5.74) is 0.0234.